The maximum absolute atomic E-state index is 13.3. The van der Waals surface area contributed by atoms with Crippen LogP contribution < -0.4 is 5.73 Å². The van der Waals surface area contributed by atoms with Gasteiger partial charge in [-0.15, -0.1) is 12.4 Å². The second-order valence-electron chi connectivity index (χ2n) is 5.70. The van der Waals surface area contributed by atoms with Gasteiger partial charge in [0.1, 0.15) is 5.82 Å². The Morgan fingerprint density at radius 1 is 1.13 bits per heavy atom. The smallest absolute Gasteiger partial charge is 0.254 e. The van der Waals surface area contributed by atoms with Gasteiger partial charge in [0.2, 0.25) is 0 Å². The fourth-order valence-corrected chi connectivity index (χ4v) is 2.53. The van der Waals surface area contributed by atoms with Crippen LogP contribution in [0, 0.1) is 5.82 Å². The van der Waals surface area contributed by atoms with Crippen molar-refractivity contribution in [3.8, 4) is 0 Å². The molecule has 2 aromatic carbocycles. The van der Waals surface area contributed by atoms with Gasteiger partial charge in [-0.25, -0.2) is 4.39 Å². The van der Waals surface area contributed by atoms with Crippen molar-refractivity contribution in [1.29, 1.82) is 0 Å². The molecule has 3 nitrogen and oxygen atoms in total. The van der Waals surface area contributed by atoms with Crippen LogP contribution in [-0.2, 0) is 13.1 Å². The van der Waals surface area contributed by atoms with Crippen molar-refractivity contribution in [3.63, 3.8) is 0 Å². The second-order valence-corrected chi connectivity index (χ2v) is 5.70. The number of halogens is 2. The number of hydrogen-bond acceptors (Lipinski definition) is 2. The maximum Gasteiger partial charge on any atom is 0.254 e. The van der Waals surface area contributed by atoms with E-state index in [-0.39, 0.29) is 30.2 Å². The zero-order valence-corrected chi connectivity index (χ0v) is 13.6. The predicted molar refractivity (Wildman–Crippen MR) is 90.9 cm³/mol. The molecule has 122 valence electrons. The summed E-state index contributed by atoms with van der Waals surface area (Å²) in [5.41, 5.74) is 8.05. The molecule has 1 amide bonds. The Morgan fingerprint density at radius 3 is 2.39 bits per heavy atom. The Balaban J connectivity index is 0.00000192. The van der Waals surface area contributed by atoms with Crippen LogP contribution in [0.5, 0.6) is 0 Å². The predicted octanol–water partition coefficient (Wildman–Crippen LogP) is 3.51. The average Bonchev–Trinajstić information content (AvgIpc) is 3.37. The first-order valence-electron chi connectivity index (χ1n) is 7.52. The fourth-order valence-electron chi connectivity index (χ4n) is 2.53. The molecule has 0 radical (unpaired) electrons. The molecular formula is C18H20ClFN2O. The molecule has 1 aliphatic rings. The van der Waals surface area contributed by atoms with Crippen molar-refractivity contribution in [3.05, 3.63) is 71.0 Å². The van der Waals surface area contributed by atoms with Crippen molar-refractivity contribution in [2.24, 2.45) is 5.73 Å². The Kier molecular flexibility index (Phi) is 5.74. The van der Waals surface area contributed by atoms with Crippen LogP contribution in [0.3, 0.4) is 0 Å². The molecule has 0 heterocycles. The number of hydrogen-bond donors (Lipinski definition) is 1. The Labute approximate surface area is 141 Å². The summed E-state index contributed by atoms with van der Waals surface area (Å²) in [7, 11) is 0. The minimum absolute atomic E-state index is 0. The molecule has 5 heteroatoms. The summed E-state index contributed by atoms with van der Waals surface area (Å²) in [6.07, 6.45) is 2.03. The highest BCUT2D eigenvalue weighted by Gasteiger charge is 2.33. The van der Waals surface area contributed by atoms with Crippen LogP contribution in [0.1, 0.15) is 34.3 Å². The third-order valence-corrected chi connectivity index (χ3v) is 3.93. The topological polar surface area (TPSA) is 46.3 Å². The first-order valence-corrected chi connectivity index (χ1v) is 7.52. The van der Waals surface area contributed by atoms with Crippen molar-refractivity contribution >= 4 is 18.3 Å². The van der Waals surface area contributed by atoms with Gasteiger partial charge in [0, 0.05) is 24.7 Å². The second kappa shape index (κ2) is 7.57. The van der Waals surface area contributed by atoms with Gasteiger partial charge in [0.25, 0.3) is 5.91 Å². The van der Waals surface area contributed by atoms with E-state index in [0.717, 1.165) is 24.0 Å². The van der Waals surface area contributed by atoms with E-state index in [2.05, 4.69) is 0 Å². The minimum Gasteiger partial charge on any atom is -0.331 e. The van der Waals surface area contributed by atoms with Crippen LogP contribution in [0.25, 0.3) is 0 Å². The molecule has 0 atom stereocenters. The third kappa shape index (κ3) is 4.30. The molecule has 23 heavy (non-hydrogen) atoms. The SMILES string of the molecule is Cl.NCc1ccc(C(=O)N(Cc2cccc(F)c2)C2CC2)cc1. The molecular weight excluding hydrogens is 315 g/mol. The van der Waals surface area contributed by atoms with E-state index in [4.69, 9.17) is 5.73 Å². The number of nitrogens with two attached hydrogens (primary N) is 1. The van der Waals surface area contributed by atoms with Crippen molar-refractivity contribution in [2.75, 3.05) is 0 Å². The Hall–Kier alpha value is -1.91. The molecule has 3 rings (SSSR count). The Morgan fingerprint density at radius 2 is 1.83 bits per heavy atom. The van der Waals surface area contributed by atoms with Gasteiger partial charge in [-0.1, -0.05) is 24.3 Å². The molecule has 1 saturated carbocycles. The third-order valence-electron chi connectivity index (χ3n) is 3.93. The van der Waals surface area contributed by atoms with E-state index in [9.17, 15) is 9.18 Å². The molecule has 2 N–H and O–H groups in total. The lowest BCUT2D eigenvalue weighted by atomic mass is 10.1. The standard InChI is InChI=1S/C18H19FN2O.ClH/c19-16-3-1-2-14(10-16)12-21(17-8-9-17)18(22)15-6-4-13(11-20)5-7-15;/h1-7,10,17H,8-9,11-12,20H2;1H. The van der Waals surface area contributed by atoms with E-state index < -0.39 is 0 Å². The van der Waals surface area contributed by atoms with Crippen molar-refractivity contribution in [1.82, 2.24) is 4.90 Å². The summed E-state index contributed by atoms with van der Waals surface area (Å²) in [6.45, 7) is 0.907. The average molecular weight is 335 g/mol. The molecule has 0 aliphatic heterocycles. The summed E-state index contributed by atoms with van der Waals surface area (Å²) in [5, 5.41) is 0. The largest absolute Gasteiger partial charge is 0.331 e. The number of benzene rings is 2. The molecule has 0 unspecified atom stereocenters. The minimum atomic E-state index is -0.270. The lowest BCUT2D eigenvalue weighted by Crippen LogP contribution is -2.32. The summed E-state index contributed by atoms with van der Waals surface area (Å²) in [5.74, 6) is -0.275. The lowest BCUT2D eigenvalue weighted by Gasteiger charge is -2.23. The normalized spacial score (nSPS) is 13.3. The summed E-state index contributed by atoms with van der Waals surface area (Å²) in [4.78, 5) is 14.6. The Bertz CT molecular complexity index is 671. The molecule has 1 fully saturated rings. The quantitative estimate of drug-likeness (QED) is 0.909. The van der Waals surface area contributed by atoms with E-state index in [0.29, 0.717) is 18.7 Å². The van der Waals surface area contributed by atoms with Crippen LogP contribution in [-0.4, -0.2) is 16.8 Å². The van der Waals surface area contributed by atoms with E-state index in [1.807, 2.05) is 35.2 Å². The molecule has 2 aromatic rings. The summed E-state index contributed by atoms with van der Waals surface area (Å²) < 4.78 is 13.3. The highest BCUT2D eigenvalue weighted by molar-refractivity contribution is 5.94. The van der Waals surface area contributed by atoms with Crippen LogP contribution in [0.15, 0.2) is 48.5 Å². The zero-order valence-electron chi connectivity index (χ0n) is 12.7. The highest BCUT2D eigenvalue weighted by Crippen LogP contribution is 2.30. The molecule has 0 aromatic heterocycles. The zero-order chi connectivity index (χ0) is 15.5. The number of carbonyl (C=O) groups excluding carboxylic acids is 1. The van der Waals surface area contributed by atoms with Gasteiger partial charge in [-0.2, -0.15) is 0 Å². The van der Waals surface area contributed by atoms with Gasteiger partial charge in [0.05, 0.1) is 0 Å². The van der Waals surface area contributed by atoms with E-state index >= 15 is 0 Å². The first kappa shape index (κ1) is 17.4. The molecule has 0 spiro atoms. The lowest BCUT2D eigenvalue weighted by molar-refractivity contribution is 0.0729. The van der Waals surface area contributed by atoms with Gasteiger partial charge >= 0.3 is 0 Å². The van der Waals surface area contributed by atoms with Gasteiger partial charge < -0.3 is 10.6 Å². The van der Waals surface area contributed by atoms with Crippen molar-refractivity contribution in [2.45, 2.75) is 32.0 Å². The number of nitrogens with zero attached hydrogens (tertiary/aromatic N) is 1. The number of rotatable bonds is 5. The highest BCUT2D eigenvalue weighted by atomic mass is 35.5. The van der Waals surface area contributed by atoms with Crippen molar-refractivity contribution < 1.29 is 9.18 Å². The molecule has 1 aliphatic carbocycles. The van der Waals surface area contributed by atoms with Gasteiger partial charge in [-0.05, 0) is 48.2 Å². The molecule has 0 saturated heterocycles. The summed E-state index contributed by atoms with van der Waals surface area (Å²) in [6, 6.07) is 14.1. The van der Waals surface area contributed by atoms with Gasteiger partial charge in [0.15, 0.2) is 0 Å². The number of amides is 1. The molecule has 0 bridgehead atoms. The fraction of sp³-hybridized carbons (Fsp3) is 0.278. The maximum atomic E-state index is 13.3. The van der Waals surface area contributed by atoms with Crippen LogP contribution in [0.2, 0.25) is 0 Å². The van der Waals surface area contributed by atoms with E-state index in [1.165, 1.54) is 12.1 Å². The van der Waals surface area contributed by atoms with Gasteiger partial charge in [-0.3, -0.25) is 4.79 Å². The van der Waals surface area contributed by atoms with Crippen LogP contribution >= 0.6 is 12.4 Å². The number of carbonyl (C=O) groups is 1. The van der Waals surface area contributed by atoms with Crippen LogP contribution in [0.4, 0.5) is 4.39 Å². The first-order chi connectivity index (χ1) is 10.7. The monoisotopic (exact) mass is 334 g/mol. The summed E-state index contributed by atoms with van der Waals surface area (Å²) >= 11 is 0. The van der Waals surface area contributed by atoms with E-state index in [1.54, 1.807) is 6.07 Å².